The summed E-state index contributed by atoms with van der Waals surface area (Å²) < 4.78 is 5.47. The summed E-state index contributed by atoms with van der Waals surface area (Å²) in [5, 5.41) is 22.9. The van der Waals surface area contributed by atoms with Crippen molar-refractivity contribution in [1.82, 2.24) is 5.32 Å². The van der Waals surface area contributed by atoms with Crippen LogP contribution in [0.3, 0.4) is 0 Å². The van der Waals surface area contributed by atoms with Crippen LogP contribution in [0.5, 0.6) is 0 Å². The van der Waals surface area contributed by atoms with E-state index in [0.29, 0.717) is 19.4 Å². The molecule has 2 atom stereocenters. The Hall–Kier alpha value is -1.66. The number of rotatable bonds is 51. The fourth-order valence-corrected chi connectivity index (χ4v) is 8.45. The van der Waals surface area contributed by atoms with Gasteiger partial charge in [0.2, 0.25) is 5.91 Å². The maximum atomic E-state index is 12.4. The van der Waals surface area contributed by atoms with Crippen LogP contribution in [-0.2, 0) is 14.3 Å². The first-order chi connectivity index (χ1) is 30.5. The van der Waals surface area contributed by atoms with E-state index < -0.39 is 12.1 Å². The molecule has 0 saturated heterocycles. The van der Waals surface area contributed by atoms with Crippen molar-refractivity contribution in [3.05, 3.63) is 24.3 Å². The second kappa shape index (κ2) is 52.0. The van der Waals surface area contributed by atoms with Crippen molar-refractivity contribution >= 4 is 11.9 Å². The molecular formula is C56H107NO5. The second-order valence-corrected chi connectivity index (χ2v) is 18.9. The van der Waals surface area contributed by atoms with E-state index >= 15 is 0 Å². The van der Waals surface area contributed by atoms with Crippen LogP contribution in [-0.4, -0.2) is 47.4 Å². The Morgan fingerprint density at radius 3 is 1.15 bits per heavy atom. The lowest BCUT2D eigenvalue weighted by Crippen LogP contribution is -2.45. The monoisotopic (exact) mass is 874 g/mol. The van der Waals surface area contributed by atoms with E-state index in [1.165, 1.54) is 225 Å². The predicted octanol–water partition coefficient (Wildman–Crippen LogP) is 16.7. The molecule has 2 unspecified atom stereocenters. The minimum atomic E-state index is -0.842. The van der Waals surface area contributed by atoms with Crippen LogP contribution in [0, 0.1) is 0 Å². The maximum Gasteiger partial charge on any atom is 0.305 e. The molecule has 0 fully saturated rings. The van der Waals surface area contributed by atoms with E-state index in [4.69, 9.17) is 4.74 Å². The Bertz CT molecular complexity index is 966. The summed E-state index contributed by atoms with van der Waals surface area (Å²) in [4.78, 5) is 24.4. The zero-order valence-electron chi connectivity index (χ0n) is 41.6. The zero-order chi connectivity index (χ0) is 45.1. The Morgan fingerprint density at radius 2 is 0.758 bits per heavy atom. The van der Waals surface area contributed by atoms with Gasteiger partial charge in [-0.1, -0.05) is 250 Å². The van der Waals surface area contributed by atoms with Gasteiger partial charge in [-0.15, -0.1) is 0 Å². The highest BCUT2D eigenvalue weighted by Crippen LogP contribution is 2.17. The number of ether oxygens (including phenoxy) is 1. The molecule has 0 radical (unpaired) electrons. The molecule has 1 amide bonds. The largest absolute Gasteiger partial charge is 0.466 e. The number of esters is 1. The number of unbranched alkanes of at least 4 members (excludes halogenated alkanes) is 38. The highest BCUT2D eigenvalue weighted by Gasteiger charge is 2.18. The van der Waals surface area contributed by atoms with Crippen LogP contribution in [0.2, 0.25) is 0 Å². The molecule has 0 aliphatic heterocycles. The molecular weight excluding hydrogens is 767 g/mol. The lowest BCUT2D eigenvalue weighted by Gasteiger charge is -2.20. The van der Waals surface area contributed by atoms with E-state index in [0.717, 1.165) is 44.9 Å². The fourth-order valence-electron chi connectivity index (χ4n) is 8.45. The predicted molar refractivity (Wildman–Crippen MR) is 269 cm³/mol. The minimum Gasteiger partial charge on any atom is -0.466 e. The number of carbonyl (C=O) groups is 2. The molecule has 0 aliphatic carbocycles. The molecule has 6 nitrogen and oxygen atoms in total. The Labute approximate surface area is 386 Å². The van der Waals surface area contributed by atoms with Crippen molar-refractivity contribution in [2.45, 2.75) is 309 Å². The number of nitrogens with one attached hydrogen (secondary N) is 1. The number of aliphatic hydroxyl groups is 2. The molecule has 0 bridgehead atoms. The van der Waals surface area contributed by atoms with Gasteiger partial charge < -0.3 is 20.3 Å². The van der Waals surface area contributed by atoms with Gasteiger partial charge in [0.15, 0.2) is 0 Å². The average molecular weight is 874 g/mol. The van der Waals surface area contributed by atoms with E-state index in [-0.39, 0.29) is 18.5 Å². The molecule has 0 saturated carbocycles. The van der Waals surface area contributed by atoms with Crippen LogP contribution in [0.1, 0.15) is 296 Å². The van der Waals surface area contributed by atoms with E-state index in [1.807, 2.05) is 6.08 Å². The van der Waals surface area contributed by atoms with Gasteiger partial charge in [-0.2, -0.15) is 0 Å². The smallest absolute Gasteiger partial charge is 0.305 e. The van der Waals surface area contributed by atoms with E-state index in [1.54, 1.807) is 6.08 Å². The maximum absolute atomic E-state index is 12.4. The number of amides is 1. The molecule has 0 aromatic rings. The number of allylic oxidation sites excluding steroid dienone is 3. The molecule has 3 N–H and O–H groups in total. The Kier molecular flexibility index (Phi) is 50.6. The van der Waals surface area contributed by atoms with Gasteiger partial charge in [0, 0.05) is 12.8 Å². The summed E-state index contributed by atoms with van der Waals surface area (Å²) >= 11 is 0. The van der Waals surface area contributed by atoms with Crippen LogP contribution in [0.4, 0.5) is 0 Å². The van der Waals surface area contributed by atoms with Crippen molar-refractivity contribution < 1.29 is 24.5 Å². The van der Waals surface area contributed by atoms with Crippen LogP contribution < -0.4 is 5.32 Å². The van der Waals surface area contributed by atoms with Gasteiger partial charge in [-0.25, -0.2) is 0 Å². The Balaban J connectivity index is 3.36. The van der Waals surface area contributed by atoms with Crippen molar-refractivity contribution in [1.29, 1.82) is 0 Å². The van der Waals surface area contributed by atoms with Gasteiger partial charge in [-0.05, 0) is 57.8 Å². The third-order valence-electron chi connectivity index (χ3n) is 12.7. The second-order valence-electron chi connectivity index (χ2n) is 18.9. The minimum absolute atomic E-state index is 0.00381. The number of aliphatic hydroxyl groups excluding tert-OH is 2. The topological polar surface area (TPSA) is 95.9 Å². The molecule has 366 valence electrons. The van der Waals surface area contributed by atoms with Crippen molar-refractivity contribution in [3.8, 4) is 0 Å². The first kappa shape index (κ1) is 60.3. The van der Waals surface area contributed by atoms with E-state index in [9.17, 15) is 19.8 Å². The summed E-state index contributed by atoms with van der Waals surface area (Å²) in [6, 6.07) is -0.625. The molecule has 0 spiro atoms. The molecule has 0 aromatic heterocycles. The number of hydrogen-bond donors (Lipinski definition) is 3. The standard InChI is InChI=1S/C56H107NO5/c1-3-5-7-9-11-13-14-15-27-30-34-38-42-46-50-56(61)62-51-47-43-39-35-31-28-25-23-21-19-17-16-18-20-22-24-26-29-33-37-41-45-49-55(60)57-53(52-58)54(59)48-44-40-36-32-12-10-8-6-4-2/h14-15,44,48,53-54,58-59H,3-13,16-43,45-47,49-52H2,1-2H3,(H,57,60)/b15-14-,48-44+. The van der Waals surface area contributed by atoms with Crippen molar-refractivity contribution in [2.75, 3.05) is 13.2 Å². The average Bonchev–Trinajstić information content (AvgIpc) is 3.27. The third-order valence-corrected chi connectivity index (χ3v) is 12.7. The van der Waals surface area contributed by atoms with Gasteiger partial charge in [0.25, 0.3) is 0 Å². The van der Waals surface area contributed by atoms with Crippen LogP contribution in [0.25, 0.3) is 0 Å². The summed E-state index contributed by atoms with van der Waals surface area (Å²) in [5.74, 6) is -0.0669. The summed E-state index contributed by atoms with van der Waals surface area (Å²) in [5.41, 5.74) is 0. The van der Waals surface area contributed by atoms with Gasteiger partial charge in [-0.3, -0.25) is 9.59 Å². The molecule has 6 heteroatoms. The first-order valence-electron chi connectivity index (χ1n) is 27.6. The third kappa shape index (κ3) is 47.8. The molecule has 0 heterocycles. The zero-order valence-corrected chi connectivity index (χ0v) is 41.6. The molecule has 0 aliphatic rings. The molecule has 62 heavy (non-hydrogen) atoms. The van der Waals surface area contributed by atoms with Gasteiger partial charge >= 0.3 is 5.97 Å². The Morgan fingerprint density at radius 1 is 0.435 bits per heavy atom. The van der Waals surface area contributed by atoms with Gasteiger partial charge in [0.1, 0.15) is 0 Å². The van der Waals surface area contributed by atoms with Crippen molar-refractivity contribution in [2.24, 2.45) is 0 Å². The highest BCUT2D eigenvalue weighted by atomic mass is 16.5. The van der Waals surface area contributed by atoms with Crippen LogP contribution in [0.15, 0.2) is 24.3 Å². The summed E-state index contributed by atoms with van der Waals surface area (Å²) in [6.45, 7) is 4.86. The number of carbonyl (C=O) groups excluding carboxylic acids is 2. The lowest BCUT2D eigenvalue weighted by atomic mass is 10.0. The molecule has 0 aromatic carbocycles. The fraction of sp³-hybridized carbons (Fsp3) is 0.893. The first-order valence-corrected chi connectivity index (χ1v) is 27.6. The van der Waals surface area contributed by atoms with Gasteiger partial charge in [0.05, 0.1) is 25.4 Å². The lowest BCUT2D eigenvalue weighted by molar-refractivity contribution is -0.143. The SMILES string of the molecule is CCCCCCC/C=C\CCCCCCCC(=O)OCCCCCCCCCCCCCCCCCCCCCCCCC(=O)NC(CO)C(O)/C=C/CCCCCCCCC. The summed E-state index contributed by atoms with van der Waals surface area (Å²) in [7, 11) is 0. The van der Waals surface area contributed by atoms with Crippen LogP contribution >= 0.6 is 0 Å². The number of hydrogen-bond acceptors (Lipinski definition) is 5. The molecule has 0 rings (SSSR count). The van der Waals surface area contributed by atoms with E-state index in [2.05, 4.69) is 31.3 Å². The normalized spacial score (nSPS) is 12.8. The van der Waals surface area contributed by atoms with Crippen molar-refractivity contribution in [3.63, 3.8) is 0 Å². The summed E-state index contributed by atoms with van der Waals surface area (Å²) in [6.07, 6.45) is 62.0. The highest BCUT2D eigenvalue weighted by molar-refractivity contribution is 5.76. The quantitative estimate of drug-likeness (QED) is 0.0321.